The maximum absolute atomic E-state index is 14.0. The molecule has 168 valence electrons. The highest BCUT2D eigenvalue weighted by Gasteiger charge is 2.46. The first-order valence-corrected chi connectivity index (χ1v) is 12.7. The first kappa shape index (κ1) is 21.8. The van der Waals surface area contributed by atoms with Gasteiger partial charge in [0.15, 0.2) is 0 Å². The number of aliphatic imine (C=N–C) groups is 1. The molecule has 6 heteroatoms. The van der Waals surface area contributed by atoms with E-state index in [1.165, 1.54) is 38.5 Å². The third-order valence-electron chi connectivity index (χ3n) is 6.89. The van der Waals surface area contributed by atoms with Crippen LogP contribution in [-0.2, 0) is 0 Å². The minimum Gasteiger partial charge on any atom is -0.280 e. The number of nitrogens with zero attached hydrogens (tertiary/aromatic N) is 4. The van der Waals surface area contributed by atoms with Crippen molar-refractivity contribution in [2.75, 3.05) is 26.2 Å². The molecule has 0 aromatic heterocycles. The first-order chi connectivity index (χ1) is 15.7. The molecule has 2 atom stereocenters. The largest absolute Gasteiger partial charge is 0.280 e. The molecule has 5 nitrogen and oxygen atoms in total. The van der Waals surface area contributed by atoms with Gasteiger partial charge in [-0.3, -0.25) is 19.5 Å². The molecule has 0 unspecified atom stereocenters. The summed E-state index contributed by atoms with van der Waals surface area (Å²) in [7, 11) is 0. The molecule has 2 fully saturated rings. The van der Waals surface area contributed by atoms with Gasteiger partial charge in [-0.2, -0.15) is 0 Å². The highest BCUT2D eigenvalue weighted by atomic mass is 79.9. The van der Waals surface area contributed by atoms with Crippen LogP contribution in [0.5, 0.6) is 0 Å². The van der Waals surface area contributed by atoms with E-state index in [-0.39, 0.29) is 18.2 Å². The van der Waals surface area contributed by atoms with Crippen LogP contribution in [-0.4, -0.2) is 65.0 Å². The van der Waals surface area contributed by atoms with Gasteiger partial charge in [0.2, 0.25) is 0 Å². The van der Waals surface area contributed by atoms with Gasteiger partial charge in [-0.05, 0) is 49.9 Å². The lowest BCUT2D eigenvalue weighted by Gasteiger charge is -2.43. The molecular weight excluding hydrogens is 464 g/mol. The number of amides is 1. The lowest BCUT2D eigenvalue weighted by Crippen LogP contribution is -2.59. The van der Waals surface area contributed by atoms with Crippen molar-refractivity contribution in [2.24, 2.45) is 4.99 Å². The van der Waals surface area contributed by atoms with Gasteiger partial charge in [0.05, 0.1) is 0 Å². The summed E-state index contributed by atoms with van der Waals surface area (Å²) in [5.41, 5.74) is 1.72. The van der Waals surface area contributed by atoms with Crippen LogP contribution in [0.1, 0.15) is 54.4 Å². The van der Waals surface area contributed by atoms with Crippen molar-refractivity contribution in [3.63, 3.8) is 0 Å². The van der Waals surface area contributed by atoms with Gasteiger partial charge in [0.25, 0.3) is 5.91 Å². The molecule has 0 radical (unpaired) electrons. The van der Waals surface area contributed by atoms with E-state index in [9.17, 15) is 4.79 Å². The summed E-state index contributed by atoms with van der Waals surface area (Å²) in [5.74, 6) is 0.847. The van der Waals surface area contributed by atoms with E-state index in [1.807, 2.05) is 47.4 Å². The summed E-state index contributed by atoms with van der Waals surface area (Å²) in [6.45, 7) is 4.16. The van der Waals surface area contributed by atoms with E-state index < -0.39 is 0 Å². The number of benzene rings is 2. The minimum atomic E-state index is -0.0558. The van der Waals surface area contributed by atoms with E-state index in [0.717, 1.165) is 42.1 Å². The number of carbonyl (C=O) groups is 1. The van der Waals surface area contributed by atoms with E-state index in [1.54, 1.807) is 0 Å². The number of hydrogen-bond acceptors (Lipinski definition) is 4. The Bertz CT molecular complexity index is 950. The molecule has 0 N–H and O–H groups in total. The molecule has 2 aromatic rings. The number of halogens is 1. The van der Waals surface area contributed by atoms with Crippen molar-refractivity contribution in [3.8, 4) is 0 Å². The SMILES string of the molecule is O=C(c1ccc(Br)cc1)N1C(c2ccccc2)=N[C@@H](N2CCCCC2)[C@@H]1N1CCCCC1. The molecule has 0 aliphatic carbocycles. The Hall–Kier alpha value is -2.02. The van der Waals surface area contributed by atoms with Gasteiger partial charge in [-0.25, -0.2) is 4.99 Å². The lowest BCUT2D eigenvalue weighted by molar-refractivity contribution is 0.0106. The fourth-order valence-corrected chi connectivity index (χ4v) is 5.51. The van der Waals surface area contributed by atoms with Crippen molar-refractivity contribution >= 4 is 27.7 Å². The highest BCUT2D eigenvalue weighted by Crippen LogP contribution is 2.32. The number of rotatable bonds is 4. The van der Waals surface area contributed by atoms with Crippen molar-refractivity contribution in [1.82, 2.24) is 14.7 Å². The van der Waals surface area contributed by atoms with E-state index in [4.69, 9.17) is 4.99 Å². The lowest BCUT2D eigenvalue weighted by atomic mass is 10.1. The Kier molecular flexibility index (Phi) is 6.72. The molecular formula is C26H31BrN4O. The van der Waals surface area contributed by atoms with Crippen LogP contribution in [0.4, 0.5) is 0 Å². The molecule has 0 spiro atoms. The second kappa shape index (κ2) is 9.86. The molecule has 3 aliphatic rings. The van der Waals surface area contributed by atoms with Crippen LogP contribution in [0.25, 0.3) is 0 Å². The van der Waals surface area contributed by atoms with E-state index >= 15 is 0 Å². The van der Waals surface area contributed by atoms with Crippen molar-refractivity contribution in [2.45, 2.75) is 50.9 Å². The van der Waals surface area contributed by atoms with Crippen molar-refractivity contribution < 1.29 is 4.79 Å². The van der Waals surface area contributed by atoms with E-state index in [0.29, 0.717) is 5.56 Å². The van der Waals surface area contributed by atoms with Gasteiger partial charge in [0.1, 0.15) is 18.2 Å². The second-order valence-corrected chi connectivity index (χ2v) is 9.94. The first-order valence-electron chi connectivity index (χ1n) is 11.9. The average Bonchev–Trinajstić information content (AvgIpc) is 3.26. The Morgan fingerprint density at radius 3 is 2.00 bits per heavy atom. The molecule has 32 heavy (non-hydrogen) atoms. The zero-order chi connectivity index (χ0) is 21.9. The summed E-state index contributed by atoms with van der Waals surface area (Å²) in [5, 5.41) is 0. The molecule has 0 bridgehead atoms. The highest BCUT2D eigenvalue weighted by molar-refractivity contribution is 9.10. The zero-order valence-corrected chi connectivity index (χ0v) is 20.1. The average molecular weight is 495 g/mol. The number of likely N-dealkylation sites (tertiary alicyclic amines) is 2. The van der Waals surface area contributed by atoms with Crippen LogP contribution >= 0.6 is 15.9 Å². The van der Waals surface area contributed by atoms with Gasteiger partial charge < -0.3 is 0 Å². The molecule has 2 saturated heterocycles. The molecule has 3 aliphatic heterocycles. The van der Waals surface area contributed by atoms with Crippen LogP contribution in [0.2, 0.25) is 0 Å². The smallest absolute Gasteiger partial charge is 0.260 e. The molecule has 0 saturated carbocycles. The molecule has 2 aromatic carbocycles. The van der Waals surface area contributed by atoms with Crippen LogP contribution in [0, 0.1) is 0 Å². The van der Waals surface area contributed by atoms with Gasteiger partial charge >= 0.3 is 0 Å². The number of piperidine rings is 2. The molecule has 1 amide bonds. The predicted octanol–water partition coefficient (Wildman–Crippen LogP) is 4.98. The minimum absolute atomic E-state index is 0.0111. The van der Waals surface area contributed by atoms with Crippen LogP contribution in [0.15, 0.2) is 64.1 Å². The molecule has 3 heterocycles. The Morgan fingerprint density at radius 1 is 0.781 bits per heavy atom. The number of carbonyl (C=O) groups excluding carboxylic acids is 1. The predicted molar refractivity (Wildman–Crippen MR) is 132 cm³/mol. The summed E-state index contributed by atoms with van der Waals surface area (Å²) in [4.78, 5) is 26.3. The van der Waals surface area contributed by atoms with Crippen LogP contribution in [0.3, 0.4) is 0 Å². The normalized spacial score (nSPS) is 25.0. The topological polar surface area (TPSA) is 39.2 Å². The summed E-state index contributed by atoms with van der Waals surface area (Å²) < 4.78 is 0.978. The Labute approximate surface area is 199 Å². The van der Waals surface area contributed by atoms with Gasteiger partial charge in [0, 0.05) is 41.8 Å². The third kappa shape index (κ3) is 4.41. The number of hydrogen-bond donors (Lipinski definition) is 0. The van der Waals surface area contributed by atoms with Gasteiger partial charge in [-0.1, -0.05) is 59.1 Å². The monoisotopic (exact) mass is 494 g/mol. The third-order valence-corrected chi connectivity index (χ3v) is 7.41. The van der Waals surface area contributed by atoms with Gasteiger partial charge in [-0.15, -0.1) is 0 Å². The maximum atomic E-state index is 14.0. The second-order valence-electron chi connectivity index (χ2n) is 9.02. The standard InChI is InChI=1S/C26H31BrN4O/c27-22-14-12-21(13-15-22)26(32)31-23(20-10-4-1-5-11-20)28-24(29-16-6-2-7-17-29)25(31)30-18-8-3-9-19-30/h1,4-5,10-15,24-25H,2-3,6-9,16-19H2/t24-,25+/m0/s1. The zero-order valence-electron chi connectivity index (χ0n) is 18.5. The quantitative estimate of drug-likeness (QED) is 0.601. The Balaban J connectivity index is 1.58. The van der Waals surface area contributed by atoms with Crippen molar-refractivity contribution in [3.05, 3.63) is 70.2 Å². The fraction of sp³-hybridized carbons (Fsp3) is 0.462. The number of amidine groups is 1. The summed E-state index contributed by atoms with van der Waals surface area (Å²) in [6.07, 6.45) is 7.27. The summed E-state index contributed by atoms with van der Waals surface area (Å²) >= 11 is 3.50. The summed E-state index contributed by atoms with van der Waals surface area (Å²) in [6, 6.07) is 18.0. The molecule has 5 rings (SSSR count). The van der Waals surface area contributed by atoms with Crippen LogP contribution < -0.4 is 0 Å². The fourth-order valence-electron chi connectivity index (χ4n) is 5.25. The van der Waals surface area contributed by atoms with Crippen molar-refractivity contribution in [1.29, 1.82) is 0 Å². The Morgan fingerprint density at radius 2 is 1.38 bits per heavy atom. The van der Waals surface area contributed by atoms with E-state index in [2.05, 4.69) is 37.9 Å². The maximum Gasteiger partial charge on any atom is 0.260 e.